The Hall–Kier alpha value is -0.570. The van der Waals surface area contributed by atoms with Crippen molar-refractivity contribution in [3.63, 3.8) is 0 Å². The lowest BCUT2D eigenvalue weighted by Crippen LogP contribution is -2.31. The summed E-state index contributed by atoms with van der Waals surface area (Å²) in [6.45, 7) is 2.17. The first kappa shape index (κ1) is 10.9. The highest BCUT2D eigenvalue weighted by Crippen LogP contribution is 2.23. The lowest BCUT2D eigenvalue weighted by Gasteiger charge is -2.23. The van der Waals surface area contributed by atoms with Crippen molar-refractivity contribution < 1.29 is 5.11 Å². The van der Waals surface area contributed by atoms with Gasteiger partial charge in [0.1, 0.15) is 0 Å². The van der Waals surface area contributed by atoms with E-state index in [1.165, 1.54) is 6.42 Å². The molecule has 1 aliphatic rings. The molecule has 0 aliphatic carbocycles. The van der Waals surface area contributed by atoms with Crippen LogP contribution >= 0.6 is 11.6 Å². The second kappa shape index (κ2) is 4.97. The number of likely N-dealkylation sites (tertiary alicyclic amines) is 1. The van der Waals surface area contributed by atoms with Gasteiger partial charge in [-0.25, -0.2) is 0 Å². The van der Waals surface area contributed by atoms with E-state index < -0.39 is 0 Å². The lowest BCUT2D eigenvalue weighted by atomic mass is 10.2. The maximum absolute atomic E-state index is 9.21. The second-order valence-corrected chi connectivity index (χ2v) is 4.45. The Bertz CT molecular complexity index is 329. The molecule has 1 atom stereocenters. The molecule has 0 spiro atoms. The van der Waals surface area contributed by atoms with Gasteiger partial charge in [-0.3, -0.25) is 4.90 Å². The molecule has 3 heteroatoms. The molecule has 1 N–H and O–H groups in total. The topological polar surface area (TPSA) is 23.5 Å². The van der Waals surface area contributed by atoms with Crippen molar-refractivity contribution in [3.8, 4) is 0 Å². The van der Waals surface area contributed by atoms with Crippen molar-refractivity contribution in [2.45, 2.75) is 25.4 Å². The minimum absolute atomic E-state index is 0.254. The van der Waals surface area contributed by atoms with E-state index in [9.17, 15) is 5.11 Å². The summed E-state index contributed by atoms with van der Waals surface area (Å²) in [6, 6.07) is 8.24. The maximum atomic E-state index is 9.21. The molecule has 1 unspecified atom stereocenters. The van der Waals surface area contributed by atoms with Crippen LogP contribution in [0.3, 0.4) is 0 Å². The molecular weight excluding hydrogens is 210 g/mol. The van der Waals surface area contributed by atoms with Crippen molar-refractivity contribution >= 4 is 11.6 Å². The third-order valence-corrected chi connectivity index (χ3v) is 3.41. The van der Waals surface area contributed by atoms with Crippen LogP contribution < -0.4 is 0 Å². The van der Waals surface area contributed by atoms with Gasteiger partial charge < -0.3 is 5.11 Å². The molecule has 1 aromatic carbocycles. The van der Waals surface area contributed by atoms with Crippen LogP contribution in [0.1, 0.15) is 18.4 Å². The lowest BCUT2D eigenvalue weighted by molar-refractivity contribution is 0.153. The zero-order chi connectivity index (χ0) is 10.7. The van der Waals surface area contributed by atoms with Crippen LogP contribution in [0.5, 0.6) is 0 Å². The van der Waals surface area contributed by atoms with Gasteiger partial charge in [-0.2, -0.15) is 0 Å². The zero-order valence-electron chi connectivity index (χ0n) is 8.69. The molecule has 0 aromatic heterocycles. The number of rotatable bonds is 3. The van der Waals surface area contributed by atoms with Crippen LogP contribution in [0.15, 0.2) is 24.3 Å². The number of hydrogen-bond acceptors (Lipinski definition) is 2. The molecule has 82 valence electrons. The summed E-state index contributed by atoms with van der Waals surface area (Å²) in [5.74, 6) is 0. The van der Waals surface area contributed by atoms with E-state index in [0.29, 0.717) is 6.04 Å². The van der Waals surface area contributed by atoms with Crippen molar-refractivity contribution in [3.05, 3.63) is 34.9 Å². The molecule has 2 nitrogen and oxygen atoms in total. The standard InChI is InChI=1S/C12H16ClNO/c13-12-6-2-1-4-10(12)8-14-7-3-5-11(14)9-15/h1-2,4,6,11,15H,3,5,7-9H2. The van der Waals surface area contributed by atoms with Gasteiger partial charge in [0.05, 0.1) is 6.61 Å². The highest BCUT2D eigenvalue weighted by atomic mass is 35.5. The van der Waals surface area contributed by atoms with E-state index in [0.717, 1.165) is 30.1 Å². The predicted molar refractivity (Wildman–Crippen MR) is 62.0 cm³/mol. The van der Waals surface area contributed by atoms with Gasteiger partial charge in [0.15, 0.2) is 0 Å². The molecule has 1 saturated heterocycles. The number of aliphatic hydroxyl groups excluding tert-OH is 1. The summed E-state index contributed by atoms with van der Waals surface area (Å²) in [6.07, 6.45) is 2.27. The fourth-order valence-electron chi connectivity index (χ4n) is 2.16. The van der Waals surface area contributed by atoms with Crippen molar-refractivity contribution in [2.24, 2.45) is 0 Å². The maximum Gasteiger partial charge on any atom is 0.0587 e. The van der Waals surface area contributed by atoms with Crippen LogP contribution in [-0.2, 0) is 6.54 Å². The highest BCUT2D eigenvalue weighted by Gasteiger charge is 2.23. The van der Waals surface area contributed by atoms with Crippen molar-refractivity contribution in [2.75, 3.05) is 13.2 Å². The van der Waals surface area contributed by atoms with Crippen LogP contribution in [-0.4, -0.2) is 29.2 Å². The highest BCUT2D eigenvalue weighted by molar-refractivity contribution is 6.31. The van der Waals surface area contributed by atoms with Crippen LogP contribution in [0.2, 0.25) is 5.02 Å². The SMILES string of the molecule is OCC1CCCN1Cc1ccccc1Cl. The van der Waals surface area contributed by atoms with Crippen LogP contribution in [0, 0.1) is 0 Å². The van der Waals surface area contributed by atoms with Gasteiger partial charge in [0, 0.05) is 17.6 Å². The monoisotopic (exact) mass is 225 g/mol. The van der Waals surface area contributed by atoms with E-state index >= 15 is 0 Å². The summed E-state index contributed by atoms with van der Waals surface area (Å²) >= 11 is 6.10. The minimum atomic E-state index is 0.254. The largest absolute Gasteiger partial charge is 0.395 e. The number of nitrogens with zero attached hydrogens (tertiary/aromatic N) is 1. The van der Waals surface area contributed by atoms with Crippen molar-refractivity contribution in [1.82, 2.24) is 4.90 Å². The van der Waals surface area contributed by atoms with Gasteiger partial charge in [-0.1, -0.05) is 29.8 Å². The van der Waals surface area contributed by atoms with E-state index in [-0.39, 0.29) is 6.61 Å². The average molecular weight is 226 g/mol. The van der Waals surface area contributed by atoms with Crippen LogP contribution in [0.4, 0.5) is 0 Å². The number of benzene rings is 1. The quantitative estimate of drug-likeness (QED) is 0.854. The first-order valence-corrected chi connectivity index (χ1v) is 5.77. The van der Waals surface area contributed by atoms with E-state index in [1.807, 2.05) is 18.2 Å². The summed E-state index contributed by atoms with van der Waals surface area (Å²) in [7, 11) is 0. The molecule has 1 aromatic rings. The molecule has 1 fully saturated rings. The first-order chi connectivity index (χ1) is 7.31. The number of hydrogen-bond donors (Lipinski definition) is 1. The van der Waals surface area contributed by atoms with Gasteiger partial charge >= 0.3 is 0 Å². The number of halogens is 1. The molecular formula is C12H16ClNO. The van der Waals surface area contributed by atoms with Gasteiger partial charge in [0.2, 0.25) is 0 Å². The van der Waals surface area contributed by atoms with Gasteiger partial charge in [-0.05, 0) is 31.0 Å². The molecule has 1 aliphatic heterocycles. The molecule has 0 radical (unpaired) electrons. The third kappa shape index (κ3) is 2.51. The Kier molecular flexibility index (Phi) is 3.62. The Morgan fingerprint density at radius 3 is 2.93 bits per heavy atom. The average Bonchev–Trinajstić information content (AvgIpc) is 2.69. The molecule has 0 bridgehead atoms. The zero-order valence-corrected chi connectivity index (χ0v) is 9.45. The molecule has 2 rings (SSSR count). The molecule has 1 heterocycles. The van der Waals surface area contributed by atoms with Crippen LogP contribution in [0.25, 0.3) is 0 Å². The first-order valence-electron chi connectivity index (χ1n) is 5.39. The summed E-state index contributed by atoms with van der Waals surface area (Å²) in [4.78, 5) is 2.31. The summed E-state index contributed by atoms with van der Waals surface area (Å²) in [5, 5.41) is 10.0. The normalized spacial score (nSPS) is 22.1. The van der Waals surface area contributed by atoms with E-state index in [1.54, 1.807) is 0 Å². The Morgan fingerprint density at radius 2 is 2.20 bits per heavy atom. The summed E-state index contributed by atoms with van der Waals surface area (Å²) in [5.41, 5.74) is 1.15. The fraction of sp³-hybridized carbons (Fsp3) is 0.500. The van der Waals surface area contributed by atoms with E-state index in [2.05, 4.69) is 11.0 Å². The third-order valence-electron chi connectivity index (χ3n) is 3.04. The number of aliphatic hydroxyl groups is 1. The Labute approximate surface area is 95.5 Å². The fourth-order valence-corrected chi connectivity index (χ4v) is 2.35. The Balaban J connectivity index is 2.05. The van der Waals surface area contributed by atoms with Crippen molar-refractivity contribution in [1.29, 1.82) is 0 Å². The van der Waals surface area contributed by atoms with E-state index in [4.69, 9.17) is 11.6 Å². The second-order valence-electron chi connectivity index (χ2n) is 4.04. The predicted octanol–water partition coefficient (Wildman–Crippen LogP) is 2.30. The Morgan fingerprint density at radius 1 is 1.40 bits per heavy atom. The summed E-state index contributed by atoms with van der Waals surface area (Å²) < 4.78 is 0. The molecule has 0 saturated carbocycles. The smallest absolute Gasteiger partial charge is 0.0587 e. The van der Waals surface area contributed by atoms with Gasteiger partial charge in [-0.15, -0.1) is 0 Å². The van der Waals surface area contributed by atoms with Gasteiger partial charge in [0.25, 0.3) is 0 Å². The molecule has 0 amide bonds. The minimum Gasteiger partial charge on any atom is -0.395 e. The molecule has 15 heavy (non-hydrogen) atoms.